The Balaban J connectivity index is 3.03. The molecule has 1 atom stereocenters. The average Bonchev–Trinajstić information content (AvgIpc) is 2.57. The van der Waals surface area contributed by atoms with E-state index in [0.29, 0.717) is 5.56 Å². The Labute approximate surface area is 103 Å². The second-order valence-electron chi connectivity index (χ2n) is 3.35. The first-order valence-corrected chi connectivity index (χ1v) is 6.89. The normalized spacial score (nSPS) is 12.8. The summed E-state index contributed by atoms with van der Waals surface area (Å²) in [6, 6.07) is 3.03. The Morgan fingerprint density at radius 2 is 2.24 bits per heavy atom. The van der Waals surface area contributed by atoms with Gasteiger partial charge in [0.2, 0.25) is 10.0 Å². The zero-order valence-electron chi connectivity index (χ0n) is 9.09. The van der Waals surface area contributed by atoms with Gasteiger partial charge in [-0.25, -0.2) is 13.2 Å². The molecule has 0 aliphatic heterocycles. The molecule has 6 nitrogen and oxygen atoms in total. The van der Waals surface area contributed by atoms with E-state index < -0.39 is 21.2 Å². The molecule has 1 aromatic rings. The fraction of sp³-hybridized carbons (Fsp3) is 0.333. The number of hydrogen-bond donors (Lipinski definition) is 2. The van der Waals surface area contributed by atoms with E-state index in [2.05, 4.69) is 4.72 Å². The minimum absolute atomic E-state index is 0.0762. The lowest BCUT2D eigenvalue weighted by Gasteiger charge is -2.06. The lowest BCUT2D eigenvalue weighted by Crippen LogP contribution is -2.23. The molecule has 1 heterocycles. The highest BCUT2D eigenvalue weighted by molar-refractivity contribution is 7.93. The molecule has 8 heteroatoms. The summed E-state index contributed by atoms with van der Waals surface area (Å²) in [6.07, 6.45) is 0. The van der Waals surface area contributed by atoms with Crippen molar-refractivity contribution in [3.63, 3.8) is 0 Å². The summed E-state index contributed by atoms with van der Waals surface area (Å²) >= 11 is 0.823. The van der Waals surface area contributed by atoms with E-state index in [9.17, 15) is 13.2 Å². The van der Waals surface area contributed by atoms with Crippen LogP contribution in [-0.4, -0.2) is 24.7 Å². The Morgan fingerprint density at radius 3 is 2.65 bits per heavy atom. The summed E-state index contributed by atoms with van der Waals surface area (Å²) in [7, 11) is -3.79. The van der Waals surface area contributed by atoms with Crippen molar-refractivity contribution in [1.82, 2.24) is 0 Å². The first-order valence-electron chi connectivity index (χ1n) is 4.53. The molecule has 2 N–H and O–H groups in total. The van der Waals surface area contributed by atoms with Gasteiger partial charge in [0.15, 0.2) is 5.25 Å². The summed E-state index contributed by atoms with van der Waals surface area (Å²) in [5, 5.41) is 16.4. The van der Waals surface area contributed by atoms with Crippen LogP contribution in [0.4, 0.5) is 5.00 Å². The van der Waals surface area contributed by atoms with E-state index in [1.807, 2.05) is 0 Å². The maximum absolute atomic E-state index is 11.5. The van der Waals surface area contributed by atoms with E-state index in [1.54, 1.807) is 13.0 Å². The molecule has 0 spiro atoms. The van der Waals surface area contributed by atoms with E-state index in [0.717, 1.165) is 11.3 Å². The van der Waals surface area contributed by atoms with Crippen molar-refractivity contribution in [2.24, 2.45) is 0 Å². The summed E-state index contributed by atoms with van der Waals surface area (Å²) in [6.45, 7) is 2.83. The quantitative estimate of drug-likeness (QED) is 0.863. The number of carbonyl (C=O) groups is 1. The Hall–Kier alpha value is -1.59. The maximum Gasteiger partial charge on any atom is 0.346 e. The molecular weight excluding hydrogens is 264 g/mol. The molecular formula is C9H10N2O4S2. The van der Waals surface area contributed by atoms with Crippen molar-refractivity contribution < 1.29 is 18.3 Å². The van der Waals surface area contributed by atoms with Gasteiger partial charge in [-0.2, -0.15) is 5.26 Å². The Bertz CT molecular complexity index is 583. The fourth-order valence-corrected chi connectivity index (χ4v) is 2.98. The number of aryl methyl sites for hydroxylation is 1. The molecule has 0 aromatic carbocycles. The van der Waals surface area contributed by atoms with E-state index >= 15 is 0 Å². The summed E-state index contributed by atoms with van der Waals surface area (Å²) in [4.78, 5) is 10.8. The number of carboxylic acids is 1. The van der Waals surface area contributed by atoms with Crippen LogP contribution in [0.15, 0.2) is 6.07 Å². The van der Waals surface area contributed by atoms with Gasteiger partial charge in [-0.3, -0.25) is 4.72 Å². The highest BCUT2D eigenvalue weighted by Gasteiger charge is 2.22. The van der Waals surface area contributed by atoms with Crippen LogP contribution in [0, 0.1) is 18.3 Å². The molecule has 1 rings (SSSR count). The van der Waals surface area contributed by atoms with Crippen LogP contribution in [0.5, 0.6) is 0 Å². The lowest BCUT2D eigenvalue weighted by molar-refractivity contribution is 0.0701. The molecule has 92 valence electrons. The van der Waals surface area contributed by atoms with Gasteiger partial charge in [0, 0.05) is 0 Å². The number of aromatic carboxylic acids is 1. The Kier molecular flexibility index (Phi) is 3.75. The van der Waals surface area contributed by atoms with Gasteiger partial charge in [0.25, 0.3) is 0 Å². The molecule has 0 fully saturated rings. The van der Waals surface area contributed by atoms with Gasteiger partial charge < -0.3 is 5.11 Å². The van der Waals surface area contributed by atoms with Crippen molar-refractivity contribution in [3.05, 3.63) is 16.5 Å². The largest absolute Gasteiger partial charge is 0.477 e. The SMILES string of the molecule is Cc1cc(NS(=O)(=O)C(C)C#N)sc1C(=O)O. The molecule has 0 saturated carbocycles. The standard InChI is InChI=1S/C9H10N2O4S2/c1-5-3-7(16-8(5)9(12)13)11-17(14,15)6(2)4-10/h3,6,11H,1-2H3,(H,12,13). The van der Waals surface area contributed by atoms with Crippen molar-refractivity contribution in [1.29, 1.82) is 5.26 Å². The van der Waals surface area contributed by atoms with Crippen molar-refractivity contribution in [3.8, 4) is 6.07 Å². The van der Waals surface area contributed by atoms with Crippen molar-refractivity contribution >= 4 is 32.3 Å². The average molecular weight is 274 g/mol. The molecule has 0 amide bonds. The molecule has 1 aromatic heterocycles. The number of nitrogens with zero attached hydrogens (tertiary/aromatic N) is 1. The minimum Gasteiger partial charge on any atom is -0.477 e. The smallest absolute Gasteiger partial charge is 0.346 e. The molecule has 0 radical (unpaired) electrons. The summed E-state index contributed by atoms with van der Waals surface area (Å²) < 4.78 is 25.3. The van der Waals surface area contributed by atoms with Crippen molar-refractivity contribution in [2.75, 3.05) is 4.72 Å². The van der Waals surface area contributed by atoms with Crippen LogP contribution in [0.25, 0.3) is 0 Å². The van der Waals surface area contributed by atoms with Crippen LogP contribution in [0.3, 0.4) is 0 Å². The number of hydrogen-bond acceptors (Lipinski definition) is 5. The first-order chi connectivity index (χ1) is 7.77. The predicted molar refractivity (Wildman–Crippen MR) is 63.6 cm³/mol. The molecule has 1 unspecified atom stereocenters. The first kappa shape index (κ1) is 13.5. The summed E-state index contributed by atoms with van der Waals surface area (Å²) in [5.41, 5.74) is 0.477. The molecule has 0 aliphatic rings. The highest BCUT2D eigenvalue weighted by atomic mass is 32.2. The van der Waals surface area contributed by atoms with Gasteiger partial charge in [0.05, 0.1) is 6.07 Å². The highest BCUT2D eigenvalue weighted by Crippen LogP contribution is 2.27. The number of nitrogens with one attached hydrogen (secondary N) is 1. The Morgan fingerprint density at radius 1 is 1.65 bits per heavy atom. The second kappa shape index (κ2) is 4.73. The number of rotatable bonds is 4. The topological polar surface area (TPSA) is 107 Å². The fourth-order valence-electron chi connectivity index (χ4n) is 1.04. The van der Waals surface area contributed by atoms with Crippen LogP contribution < -0.4 is 4.72 Å². The lowest BCUT2D eigenvalue weighted by atomic mass is 10.3. The van der Waals surface area contributed by atoms with Crippen LogP contribution in [0.1, 0.15) is 22.2 Å². The second-order valence-corrected chi connectivity index (χ2v) is 6.40. The number of nitriles is 1. The van der Waals surface area contributed by atoms with Crippen LogP contribution in [0.2, 0.25) is 0 Å². The summed E-state index contributed by atoms with van der Waals surface area (Å²) in [5.74, 6) is -1.11. The van der Waals surface area contributed by atoms with Gasteiger partial charge in [-0.15, -0.1) is 11.3 Å². The number of carboxylic acid groups (broad SMARTS) is 1. The predicted octanol–water partition coefficient (Wildman–Crippen LogP) is 1.41. The number of thiophene rings is 1. The molecule has 0 bridgehead atoms. The third-order valence-corrected chi connectivity index (χ3v) is 4.81. The number of sulfonamides is 1. The zero-order valence-corrected chi connectivity index (χ0v) is 10.7. The van der Waals surface area contributed by atoms with E-state index in [4.69, 9.17) is 10.4 Å². The third-order valence-electron chi connectivity index (χ3n) is 2.00. The van der Waals surface area contributed by atoms with E-state index in [1.165, 1.54) is 13.0 Å². The van der Waals surface area contributed by atoms with Gasteiger partial charge >= 0.3 is 5.97 Å². The van der Waals surface area contributed by atoms with Gasteiger partial charge in [-0.1, -0.05) is 0 Å². The van der Waals surface area contributed by atoms with Crippen LogP contribution in [-0.2, 0) is 10.0 Å². The minimum atomic E-state index is -3.79. The molecule has 0 saturated heterocycles. The third kappa shape index (κ3) is 2.95. The van der Waals surface area contributed by atoms with E-state index in [-0.39, 0.29) is 9.88 Å². The van der Waals surface area contributed by atoms with Crippen LogP contribution >= 0.6 is 11.3 Å². The van der Waals surface area contributed by atoms with Gasteiger partial charge in [-0.05, 0) is 25.5 Å². The molecule has 0 aliphatic carbocycles. The number of anilines is 1. The van der Waals surface area contributed by atoms with Crippen molar-refractivity contribution in [2.45, 2.75) is 19.1 Å². The molecule has 17 heavy (non-hydrogen) atoms. The maximum atomic E-state index is 11.5. The van der Waals surface area contributed by atoms with Gasteiger partial charge in [0.1, 0.15) is 9.88 Å². The monoisotopic (exact) mass is 274 g/mol. The zero-order chi connectivity index (χ0) is 13.2.